The smallest absolute Gasteiger partial charge is 0.305 e. The van der Waals surface area contributed by atoms with Gasteiger partial charge in [0, 0.05) is 12.8 Å². The number of aliphatic hydroxyl groups is 2. The van der Waals surface area contributed by atoms with Gasteiger partial charge in [0.2, 0.25) is 5.91 Å². The van der Waals surface area contributed by atoms with E-state index in [1.54, 1.807) is 6.08 Å². The fourth-order valence-corrected chi connectivity index (χ4v) is 12.3. The lowest BCUT2D eigenvalue weighted by atomic mass is 10.0. The van der Waals surface area contributed by atoms with E-state index in [9.17, 15) is 19.8 Å². The van der Waals surface area contributed by atoms with Crippen molar-refractivity contribution in [2.24, 2.45) is 0 Å². The highest BCUT2D eigenvalue weighted by Gasteiger charge is 2.18. The first kappa shape index (κ1) is 82.3. The second-order valence-corrected chi connectivity index (χ2v) is 26.7. The maximum atomic E-state index is 12.5. The maximum Gasteiger partial charge on any atom is 0.305 e. The Hall–Kier alpha value is -1.66. The molecule has 0 saturated carbocycles. The van der Waals surface area contributed by atoms with Crippen LogP contribution in [0.15, 0.2) is 24.3 Å². The van der Waals surface area contributed by atoms with E-state index in [-0.39, 0.29) is 18.5 Å². The van der Waals surface area contributed by atoms with Gasteiger partial charge in [-0.05, 0) is 57.8 Å². The van der Waals surface area contributed by atoms with Gasteiger partial charge in [-0.1, -0.05) is 391 Å². The van der Waals surface area contributed by atoms with Crippen molar-refractivity contribution in [2.75, 3.05) is 13.2 Å². The third-order valence-electron chi connectivity index (χ3n) is 18.2. The van der Waals surface area contributed by atoms with Crippen LogP contribution in [0.3, 0.4) is 0 Å². The number of aliphatic hydroxyl groups excluding tert-OH is 2. The van der Waals surface area contributed by atoms with Crippen LogP contribution in [-0.2, 0) is 14.3 Å². The standard InChI is InChI=1S/C78H151NO5/c1-3-5-7-9-11-13-15-17-19-42-46-50-54-58-62-66-70-76(81)75(74-80)79-77(82)71-67-63-59-55-51-47-43-40-38-36-34-32-30-28-26-24-22-21-23-25-27-29-31-33-35-37-39-41-45-49-53-57-61-65-69-73-84-78(83)72-68-64-60-56-52-48-44-20-18-16-14-12-10-8-6-4-2/h23,25,66,70,75-76,80-81H,3-22,24,26-65,67-69,71-74H2,1-2H3,(H,79,82)/b25-23-,70-66+. The predicted molar refractivity (Wildman–Crippen MR) is 370 cm³/mol. The lowest BCUT2D eigenvalue weighted by Gasteiger charge is -2.20. The van der Waals surface area contributed by atoms with Crippen molar-refractivity contribution in [2.45, 2.75) is 450 Å². The zero-order chi connectivity index (χ0) is 60.6. The van der Waals surface area contributed by atoms with E-state index in [4.69, 9.17) is 4.74 Å². The number of rotatable bonds is 73. The van der Waals surface area contributed by atoms with E-state index in [0.29, 0.717) is 19.4 Å². The van der Waals surface area contributed by atoms with Crippen molar-refractivity contribution in [3.05, 3.63) is 24.3 Å². The summed E-state index contributed by atoms with van der Waals surface area (Å²) in [7, 11) is 0. The molecule has 6 nitrogen and oxygen atoms in total. The Morgan fingerprint density at radius 3 is 0.845 bits per heavy atom. The molecule has 0 aliphatic rings. The third-order valence-corrected chi connectivity index (χ3v) is 18.2. The van der Waals surface area contributed by atoms with Crippen molar-refractivity contribution in [1.82, 2.24) is 5.32 Å². The minimum absolute atomic E-state index is 0.0243. The Labute approximate surface area is 526 Å². The zero-order valence-electron chi connectivity index (χ0n) is 57.2. The number of hydrogen-bond acceptors (Lipinski definition) is 5. The number of ether oxygens (including phenoxy) is 1. The van der Waals surface area contributed by atoms with Crippen LogP contribution in [0.2, 0.25) is 0 Å². The molecule has 0 radical (unpaired) electrons. The summed E-state index contributed by atoms with van der Waals surface area (Å²) >= 11 is 0. The Balaban J connectivity index is 3.34. The minimum atomic E-state index is -0.842. The summed E-state index contributed by atoms with van der Waals surface area (Å²) in [5.41, 5.74) is 0. The molecule has 0 fully saturated rings. The van der Waals surface area contributed by atoms with Crippen LogP contribution in [0.1, 0.15) is 438 Å². The van der Waals surface area contributed by atoms with Crippen LogP contribution < -0.4 is 5.32 Å². The number of nitrogens with one attached hydrogen (secondary N) is 1. The molecule has 0 heterocycles. The largest absolute Gasteiger partial charge is 0.466 e. The lowest BCUT2D eigenvalue weighted by molar-refractivity contribution is -0.143. The second kappa shape index (κ2) is 73.8. The molecule has 0 spiro atoms. The van der Waals surface area contributed by atoms with E-state index in [2.05, 4.69) is 31.3 Å². The van der Waals surface area contributed by atoms with E-state index in [1.165, 1.54) is 372 Å². The fourth-order valence-electron chi connectivity index (χ4n) is 12.3. The summed E-state index contributed by atoms with van der Waals surface area (Å²) in [5, 5.41) is 23.2. The summed E-state index contributed by atoms with van der Waals surface area (Å²) < 4.78 is 5.51. The van der Waals surface area contributed by atoms with Gasteiger partial charge in [0.05, 0.1) is 25.4 Å². The van der Waals surface area contributed by atoms with Crippen LogP contribution in [0.25, 0.3) is 0 Å². The van der Waals surface area contributed by atoms with Gasteiger partial charge in [-0.3, -0.25) is 9.59 Å². The van der Waals surface area contributed by atoms with Crippen LogP contribution in [0.4, 0.5) is 0 Å². The average Bonchev–Trinajstić information content (AvgIpc) is 3.51. The number of unbranched alkanes of at least 4 members (excludes halogenated alkanes) is 60. The summed E-state index contributed by atoms with van der Waals surface area (Å²) in [4.78, 5) is 24.6. The molecule has 498 valence electrons. The maximum absolute atomic E-state index is 12.5. The lowest BCUT2D eigenvalue weighted by Crippen LogP contribution is -2.45. The van der Waals surface area contributed by atoms with Gasteiger partial charge in [-0.2, -0.15) is 0 Å². The van der Waals surface area contributed by atoms with Crippen molar-refractivity contribution in [3.63, 3.8) is 0 Å². The first-order chi connectivity index (χ1) is 41.5. The number of carbonyl (C=O) groups excluding carboxylic acids is 2. The Morgan fingerprint density at radius 2 is 0.560 bits per heavy atom. The number of carbonyl (C=O) groups is 2. The summed E-state index contributed by atoms with van der Waals surface area (Å²) in [6, 6.07) is -0.625. The number of allylic oxidation sites excluding steroid dienone is 3. The molecule has 0 aromatic rings. The molecule has 0 bridgehead atoms. The summed E-state index contributed by atoms with van der Waals surface area (Å²) in [6.07, 6.45) is 94.4. The van der Waals surface area contributed by atoms with E-state index in [0.717, 1.165) is 38.5 Å². The van der Waals surface area contributed by atoms with Gasteiger partial charge in [-0.15, -0.1) is 0 Å². The molecule has 0 saturated heterocycles. The first-order valence-electron chi connectivity index (χ1n) is 38.6. The summed E-state index contributed by atoms with van der Waals surface area (Å²) in [5.74, 6) is -0.0368. The molecule has 3 N–H and O–H groups in total. The zero-order valence-corrected chi connectivity index (χ0v) is 57.2. The topological polar surface area (TPSA) is 95.9 Å². The molecule has 2 unspecified atom stereocenters. The predicted octanol–water partition coefficient (Wildman–Crippen LogP) is 25.3. The van der Waals surface area contributed by atoms with Crippen molar-refractivity contribution < 1.29 is 24.5 Å². The molecule has 0 aromatic carbocycles. The normalized spacial score (nSPS) is 12.6. The third kappa shape index (κ3) is 69.4. The number of amides is 1. The molecule has 1 amide bonds. The van der Waals surface area contributed by atoms with E-state index < -0.39 is 12.1 Å². The molecule has 0 aromatic heterocycles. The van der Waals surface area contributed by atoms with Gasteiger partial charge < -0.3 is 20.3 Å². The highest BCUT2D eigenvalue weighted by atomic mass is 16.5. The molecule has 0 rings (SSSR count). The van der Waals surface area contributed by atoms with Crippen molar-refractivity contribution in [1.29, 1.82) is 0 Å². The molecule has 2 atom stereocenters. The van der Waals surface area contributed by atoms with E-state index >= 15 is 0 Å². The number of hydrogen-bond donors (Lipinski definition) is 3. The quantitative estimate of drug-likeness (QED) is 0.0320. The monoisotopic (exact) mass is 1180 g/mol. The second-order valence-electron chi connectivity index (χ2n) is 26.7. The summed E-state index contributed by atoms with van der Waals surface area (Å²) in [6.45, 7) is 4.95. The van der Waals surface area contributed by atoms with Crippen LogP contribution in [0, 0.1) is 0 Å². The Kier molecular flexibility index (Phi) is 72.3. The van der Waals surface area contributed by atoms with Crippen LogP contribution >= 0.6 is 0 Å². The van der Waals surface area contributed by atoms with Gasteiger partial charge in [0.25, 0.3) is 0 Å². The molecular weight excluding hydrogens is 1030 g/mol. The molecule has 0 aliphatic carbocycles. The van der Waals surface area contributed by atoms with E-state index in [1.807, 2.05) is 6.08 Å². The van der Waals surface area contributed by atoms with Gasteiger partial charge in [0.15, 0.2) is 0 Å². The minimum Gasteiger partial charge on any atom is -0.466 e. The van der Waals surface area contributed by atoms with Crippen LogP contribution in [0.5, 0.6) is 0 Å². The van der Waals surface area contributed by atoms with Crippen molar-refractivity contribution >= 4 is 11.9 Å². The van der Waals surface area contributed by atoms with Gasteiger partial charge in [0.1, 0.15) is 0 Å². The molecule has 6 heteroatoms. The van der Waals surface area contributed by atoms with Gasteiger partial charge >= 0.3 is 5.97 Å². The fraction of sp³-hybridized carbons (Fsp3) is 0.923. The molecule has 0 aliphatic heterocycles. The molecule has 84 heavy (non-hydrogen) atoms. The highest BCUT2D eigenvalue weighted by molar-refractivity contribution is 5.76. The van der Waals surface area contributed by atoms with Gasteiger partial charge in [-0.25, -0.2) is 0 Å². The first-order valence-corrected chi connectivity index (χ1v) is 38.6. The SMILES string of the molecule is CCCCCCCCCCCCCCCC/C=C/C(O)C(CO)NC(=O)CCCCCCCCCCCCCCCCCCC/C=C\CCCCCCCCCCCCCCCCOC(=O)CCCCCCCCCCCCCCCCCC. The van der Waals surface area contributed by atoms with Crippen molar-refractivity contribution in [3.8, 4) is 0 Å². The average molecular weight is 1180 g/mol. The highest BCUT2D eigenvalue weighted by Crippen LogP contribution is 2.19. The van der Waals surface area contributed by atoms with Crippen LogP contribution in [-0.4, -0.2) is 47.4 Å². The Bertz CT molecular complexity index is 1320. The molecular formula is C78H151NO5. The Morgan fingerprint density at radius 1 is 0.321 bits per heavy atom. The number of esters is 1.